The Balaban J connectivity index is 2.12. The molecule has 0 radical (unpaired) electrons. The second-order valence-corrected chi connectivity index (χ2v) is 4.84. The Morgan fingerprint density at radius 1 is 1.35 bits per heavy atom. The fourth-order valence-electron chi connectivity index (χ4n) is 2.14. The SMILES string of the molecule is COc1cc(CN2CCNCC2)cc(Cl)c1C. The molecule has 1 aromatic carbocycles. The van der Waals surface area contributed by atoms with Crippen LogP contribution in [-0.4, -0.2) is 38.2 Å². The lowest BCUT2D eigenvalue weighted by Gasteiger charge is -2.27. The predicted molar refractivity (Wildman–Crippen MR) is 70.9 cm³/mol. The molecule has 0 atom stereocenters. The van der Waals surface area contributed by atoms with Gasteiger partial charge in [0.2, 0.25) is 0 Å². The molecule has 1 aromatic rings. The minimum atomic E-state index is 0.787. The summed E-state index contributed by atoms with van der Waals surface area (Å²) in [4.78, 5) is 2.43. The van der Waals surface area contributed by atoms with Crippen LogP contribution in [-0.2, 0) is 6.54 Å². The van der Waals surface area contributed by atoms with Crippen molar-refractivity contribution >= 4 is 11.6 Å². The maximum atomic E-state index is 6.20. The predicted octanol–water partition coefficient (Wildman–Crippen LogP) is 2.06. The van der Waals surface area contributed by atoms with Gasteiger partial charge in [-0.3, -0.25) is 4.90 Å². The molecule has 1 fully saturated rings. The van der Waals surface area contributed by atoms with Crippen molar-refractivity contribution in [2.75, 3.05) is 33.3 Å². The fourth-order valence-corrected chi connectivity index (χ4v) is 2.37. The van der Waals surface area contributed by atoms with Crippen LogP contribution in [0, 0.1) is 6.92 Å². The lowest BCUT2D eigenvalue weighted by Crippen LogP contribution is -2.42. The lowest BCUT2D eigenvalue weighted by atomic mass is 10.1. The molecule has 0 spiro atoms. The number of benzene rings is 1. The van der Waals surface area contributed by atoms with E-state index in [4.69, 9.17) is 16.3 Å². The summed E-state index contributed by atoms with van der Waals surface area (Å²) < 4.78 is 5.34. The topological polar surface area (TPSA) is 24.5 Å². The molecule has 1 N–H and O–H groups in total. The molecule has 0 aliphatic carbocycles. The Kier molecular flexibility index (Phi) is 4.26. The van der Waals surface area contributed by atoms with E-state index >= 15 is 0 Å². The van der Waals surface area contributed by atoms with E-state index in [-0.39, 0.29) is 0 Å². The van der Waals surface area contributed by atoms with Crippen LogP contribution in [0.5, 0.6) is 5.75 Å². The van der Waals surface area contributed by atoms with E-state index in [1.807, 2.05) is 13.0 Å². The molecule has 1 aliphatic heterocycles. The first-order chi connectivity index (χ1) is 8.20. The average molecular weight is 255 g/mol. The van der Waals surface area contributed by atoms with Gasteiger partial charge in [0.1, 0.15) is 5.75 Å². The number of hydrogen-bond donors (Lipinski definition) is 1. The normalized spacial score (nSPS) is 17.1. The molecule has 94 valence electrons. The van der Waals surface area contributed by atoms with Gasteiger partial charge in [-0.1, -0.05) is 11.6 Å². The molecular formula is C13H19ClN2O. The van der Waals surface area contributed by atoms with Crippen molar-refractivity contribution in [3.8, 4) is 5.75 Å². The monoisotopic (exact) mass is 254 g/mol. The number of ether oxygens (including phenoxy) is 1. The standard InChI is InChI=1S/C13H19ClN2O/c1-10-12(14)7-11(8-13(10)17-2)9-16-5-3-15-4-6-16/h7-8,15H,3-6,9H2,1-2H3. The summed E-state index contributed by atoms with van der Waals surface area (Å²) in [7, 11) is 1.69. The van der Waals surface area contributed by atoms with E-state index in [0.717, 1.165) is 49.1 Å². The van der Waals surface area contributed by atoms with Gasteiger partial charge in [-0.15, -0.1) is 0 Å². The summed E-state index contributed by atoms with van der Waals surface area (Å²) >= 11 is 6.20. The van der Waals surface area contributed by atoms with Crippen molar-refractivity contribution in [3.63, 3.8) is 0 Å². The quantitative estimate of drug-likeness (QED) is 0.894. The van der Waals surface area contributed by atoms with E-state index in [1.165, 1.54) is 5.56 Å². The Bertz CT molecular complexity index is 389. The highest BCUT2D eigenvalue weighted by Gasteiger charge is 2.12. The maximum Gasteiger partial charge on any atom is 0.123 e. The third kappa shape index (κ3) is 3.12. The Morgan fingerprint density at radius 2 is 2.06 bits per heavy atom. The molecule has 0 bridgehead atoms. The van der Waals surface area contributed by atoms with Gasteiger partial charge in [-0.25, -0.2) is 0 Å². The summed E-state index contributed by atoms with van der Waals surface area (Å²) in [6, 6.07) is 4.13. The minimum absolute atomic E-state index is 0.787. The molecule has 3 nitrogen and oxygen atoms in total. The van der Waals surface area contributed by atoms with Gasteiger partial charge >= 0.3 is 0 Å². The third-order valence-corrected chi connectivity index (χ3v) is 3.58. The Morgan fingerprint density at radius 3 is 2.71 bits per heavy atom. The van der Waals surface area contributed by atoms with Gasteiger partial charge in [0.25, 0.3) is 0 Å². The number of methoxy groups -OCH3 is 1. The number of halogens is 1. The van der Waals surface area contributed by atoms with Crippen LogP contribution in [0.1, 0.15) is 11.1 Å². The van der Waals surface area contributed by atoms with Crippen LogP contribution in [0.3, 0.4) is 0 Å². The fraction of sp³-hybridized carbons (Fsp3) is 0.538. The van der Waals surface area contributed by atoms with Crippen molar-refractivity contribution in [2.45, 2.75) is 13.5 Å². The van der Waals surface area contributed by atoms with Crippen LogP contribution >= 0.6 is 11.6 Å². The third-order valence-electron chi connectivity index (χ3n) is 3.19. The number of hydrogen-bond acceptors (Lipinski definition) is 3. The van der Waals surface area contributed by atoms with Gasteiger partial charge in [0.15, 0.2) is 0 Å². The molecular weight excluding hydrogens is 236 g/mol. The largest absolute Gasteiger partial charge is 0.496 e. The van der Waals surface area contributed by atoms with E-state index in [1.54, 1.807) is 7.11 Å². The molecule has 1 heterocycles. The van der Waals surface area contributed by atoms with Crippen LogP contribution in [0.4, 0.5) is 0 Å². The molecule has 4 heteroatoms. The highest BCUT2D eigenvalue weighted by atomic mass is 35.5. The summed E-state index contributed by atoms with van der Waals surface area (Å²) in [5.74, 6) is 0.877. The summed E-state index contributed by atoms with van der Waals surface area (Å²) in [6.07, 6.45) is 0. The Hall–Kier alpha value is -0.770. The first kappa shape index (κ1) is 12.7. The second-order valence-electron chi connectivity index (χ2n) is 4.43. The molecule has 17 heavy (non-hydrogen) atoms. The zero-order valence-corrected chi connectivity index (χ0v) is 11.2. The van der Waals surface area contributed by atoms with Gasteiger partial charge in [-0.2, -0.15) is 0 Å². The minimum Gasteiger partial charge on any atom is -0.496 e. The van der Waals surface area contributed by atoms with Gasteiger partial charge in [-0.05, 0) is 24.6 Å². The second kappa shape index (κ2) is 5.71. The molecule has 0 unspecified atom stereocenters. The van der Waals surface area contributed by atoms with Gasteiger partial charge < -0.3 is 10.1 Å². The molecule has 1 saturated heterocycles. The highest BCUT2D eigenvalue weighted by molar-refractivity contribution is 6.31. The number of nitrogens with one attached hydrogen (secondary N) is 1. The van der Waals surface area contributed by atoms with Crippen molar-refractivity contribution in [1.29, 1.82) is 0 Å². The molecule has 0 saturated carbocycles. The Labute approximate surface area is 108 Å². The first-order valence-electron chi connectivity index (χ1n) is 5.97. The summed E-state index contributed by atoms with van der Waals surface area (Å²) in [5, 5.41) is 4.14. The van der Waals surface area contributed by atoms with Crippen molar-refractivity contribution in [1.82, 2.24) is 10.2 Å². The van der Waals surface area contributed by atoms with Crippen LogP contribution < -0.4 is 10.1 Å². The number of piperazine rings is 1. The van der Waals surface area contributed by atoms with Crippen molar-refractivity contribution < 1.29 is 4.74 Å². The van der Waals surface area contributed by atoms with Crippen LogP contribution in [0.25, 0.3) is 0 Å². The zero-order chi connectivity index (χ0) is 12.3. The smallest absolute Gasteiger partial charge is 0.123 e. The van der Waals surface area contributed by atoms with Gasteiger partial charge in [0, 0.05) is 43.3 Å². The van der Waals surface area contributed by atoms with Crippen molar-refractivity contribution in [2.24, 2.45) is 0 Å². The van der Waals surface area contributed by atoms with Gasteiger partial charge in [0.05, 0.1) is 7.11 Å². The van der Waals surface area contributed by atoms with E-state index in [9.17, 15) is 0 Å². The zero-order valence-electron chi connectivity index (χ0n) is 10.4. The summed E-state index contributed by atoms with van der Waals surface area (Å²) in [6.45, 7) is 7.24. The highest BCUT2D eigenvalue weighted by Crippen LogP contribution is 2.28. The molecule has 0 aromatic heterocycles. The summed E-state index contributed by atoms with van der Waals surface area (Å²) in [5.41, 5.74) is 2.23. The van der Waals surface area contributed by atoms with E-state index in [2.05, 4.69) is 16.3 Å². The molecule has 1 aliphatic rings. The van der Waals surface area contributed by atoms with E-state index < -0.39 is 0 Å². The van der Waals surface area contributed by atoms with E-state index in [0.29, 0.717) is 0 Å². The number of nitrogens with zero attached hydrogens (tertiary/aromatic N) is 1. The number of rotatable bonds is 3. The maximum absolute atomic E-state index is 6.20. The first-order valence-corrected chi connectivity index (χ1v) is 6.34. The van der Waals surface area contributed by atoms with Crippen LogP contribution in [0.15, 0.2) is 12.1 Å². The van der Waals surface area contributed by atoms with Crippen LogP contribution in [0.2, 0.25) is 5.02 Å². The average Bonchev–Trinajstić information content (AvgIpc) is 2.35. The molecule has 0 amide bonds. The lowest BCUT2D eigenvalue weighted by molar-refractivity contribution is 0.233. The van der Waals surface area contributed by atoms with Crippen molar-refractivity contribution in [3.05, 3.63) is 28.3 Å². The molecule has 2 rings (SSSR count).